The average Bonchev–Trinajstić information content (AvgIpc) is 2.53. The summed E-state index contributed by atoms with van der Waals surface area (Å²) in [6.07, 6.45) is 0. The number of anilines is 1. The maximum absolute atomic E-state index is 12.3. The second-order valence-corrected chi connectivity index (χ2v) is 6.65. The molecule has 0 aliphatic heterocycles. The van der Waals surface area contributed by atoms with Gasteiger partial charge in [-0.15, -0.1) is 0 Å². The second-order valence-electron chi connectivity index (χ2n) is 4.71. The number of ether oxygens (including phenoxy) is 2. The molecule has 1 N–H and O–H groups in total. The molecule has 1 aromatic rings. The van der Waals surface area contributed by atoms with Crippen molar-refractivity contribution in [2.24, 2.45) is 0 Å². The molecular formula is C15H24N2O5S. The molecule has 0 heterocycles. The molecule has 0 radical (unpaired) electrons. The molecule has 23 heavy (non-hydrogen) atoms. The lowest BCUT2D eigenvalue weighted by Gasteiger charge is -2.18. The zero-order chi connectivity index (χ0) is 17.3. The van der Waals surface area contributed by atoms with E-state index in [0.717, 1.165) is 0 Å². The van der Waals surface area contributed by atoms with Gasteiger partial charge in [0.05, 0.1) is 18.1 Å². The molecule has 8 heteroatoms. The fraction of sp³-hybridized carbons (Fsp3) is 0.533. The van der Waals surface area contributed by atoms with Crippen molar-refractivity contribution in [2.45, 2.75) is 18.7 Å². The van der Waals surface area contributed by atoms with Gasteiger partial charge in [-0.3, -0.25) is 4.79 Å². The molecule has 0 bridgehead atoms. The van der Waals surface area contributed by atoms with E-state index in [-0.39, 0.29) is 17.4 Å². The van der Waals surface area contributed by atoms with Crippen molar-refractivity contribution in [1.29, 1.82) is 0 Å². The Morgan fingerprint density at radius 2 is 1.74 bits per heavy atom. The minimum absolute atomic E-state index is 0.0805. The minimum atomic E-state index is -3.48. The van der Waals surface area contributed by atoms with Crippen molar-refractivity contribution in [3.05, 3.63) is 24.3 Å². The number of methoxy groups -OCH3 is 1. The molecule has 0 aromatic heterocycles. The number of rotatable bonds is 10. The van der Waals surface area contributed by atoms with Gasteiger partial charge in [-0.05, 0) is 24.3 Å². The monoisotopic (exact) mass is 344 g/mol. The third-order valence-electron chi connectivity index (χ3n) is 3.15. The molecular weight excluding hydrogens is 320 g/mol. The smallest absolute Gasteiger partial charge is 0.250 e. The zero-order valence-corrected chi connectivity index (χ0v) is 14.6. The van der Waals surface area contributed by atoms with E-state index < -0.39 is 10.0 Å². The van der Waals surface area contributed by atoms with Gasteiger partial charge in [-0.25, -0.2) is 8.42 Å². The topological polar surface area (TPSA) is 84.9 Å². The molecule has 0 spiro atoms. The highest BCUT2D eigenvalue weighted by Crippen LogP contribution is 2.18. The zero-order valence-electron chi connectivity index (χ0n) is 13.7. The van der Waals surface area contributed by atoms with Crippen LogP contribution in [0.1, 0.15) is 13.8 Å². The van der Waals surface area contributed by atoms with Gasteiger partial charge in [0.1, 0.15) is 6.61 Å². The number of carbonyl (C=O) groups excluding carboxylic acids is 1. The molecule has 1 aromatic carbocycles. The minimum Gasteiger partial charge on any atom is -0.382 e. The van der Waals surface area contributed by atoms with Crippen LogP contribution >= 0.6 is 0 Å². The first-order valence-electron chi connectivity index (χ1n) is 7.42. The first-order chi connectivity index (χ1) is 11.0. The van der Waals surface area contributed by atoms with Crippen LogP contribution in [0.4, 0.5) is 5.69 Å². The van der Waals surface area contributed by atoms with Crippen LogP contribution in [0.3, 0.4) is 0 Å². The summed E-state index contributed by atoms with van der Waals surface area (Å²) in [6, 6.07) is 6.08. The van der Waals surface area contributed by atoms with Gasteiger partial charge in [0.2, 0.25) is 15.9 Å². The maximum Gasteiger partial charge on any atom is 0.250 e. The molecule has 7 nitrogen and oxygen atoms in total. The molecule has 0 aliphatic rings. The summed E-state index contributed by atoms with van der Waals surface area (Å²) in [5.74, 6) is -0.305. The predicted octanol–water partition coefficient (Wildman–Crippen LogP) is 1.32. The fourth-order valence-corrected chi connectivity index (χ4v) is 3.39. The van der Waals surface area contributed by atoms with Gasteiger partial charge >= 0.3 is 0 Å². The Hall–Kier alpha value is -1.48. The summed E-state index contributed by atoms with van der Waals surface area (Å²) in [6.45, 7) is 5.09. The number of benzene rings is 1. The largest absolute Gasteiger partial charge is 0.382 e. The Morgan fingerprint density at radius 3 is 2.26 bits per heavy atom. The lowest BCUT2D eigenvalue weighted by Crippen LogP contribution is -2.30. The van der Waals surface area contributed by atoms with E-state index in [0.29, 0.717) is 32.0 Å². The molecule has 1 rings (SSSR count). The highest BCUT2D eigenvalue weighted by atomic mass is 32.2. The summed E-state index contributed by atoms with van der Waals surface area (Å²) in [5, 5.41) is 2.64. The quantitative estimate of drug-likeness (QED) is 0.647. The lowest BCUT2D eigenvalue weighted by molar-refractivity contribution is -0.121. The van der Waals surface area contributed by atoms with E-state index in [1.165, 1.54) is 16.4 Å². The van der Waals surface area contributed by atoms with Gasteiger partial charge in [0.25, 0.3) is 0 Å². The van der Waals surface area contributed by atoms with E-state index in [1.54, 1.807) is 33.1 Å². The Bertz CT molecular complexity index is 582. The summed E-state index contributed by atoms with van der Waals surface area (Å²) >= 11 is 0. The normalized spacial score (nSPS) is 11.7. The standard InChI is InChI=1S/C15H24N2O5S/c1-4-17(5-2)23(19,20)14-8-6-13(7-9-14)16-15(18)12-22-11-10-21-3/h6-9H,4-5,10-12H2,1-3H3,(H,16,18). The fourth-order valence-electron chi connectivity index (χ4n) is 1.93. The van der Waals surface area contributed by atoms with Crippen LogP contribution in [0.25, 0.3) is 0 Å². The SMILES string of the molecule is CCN(CC)S(=O)(=O)c1ccc(NC(=O)COCCOC)cc1. The third-order valence-corrected chi connectivity index (χ3v) is 5.21. The van der Waals surface area contributed by atoms with E-state index in [1.807, 2.05) is 0 Å². The number of nitrogens with zero attached hydrogens (tertiary/aromatic N) is 1. The Balaban J connectivity index is 2.65. The molecule has 0 atom stereocenters. The van der Waals surface area contributed by atoms with Crippen molar-refractivity contribution in [3.63, 3.8) is 0 Å². The number of nitrogens with one attached hydrogen (secondary N) is 1. The van der Waals surface area contributed by atoms with Crippen molar-refractivity contribution in [2.75, 3.05) is 45.3 Å². The van der Waals surface area contributed by atoms with Crippen LogP contribution in [0.5, 0.6) is 0 Å². The number of amides is 1. The predicted molar refractivity (Wildman–Crippen MR) is 87.9 cm³/mol. The highest BCUT2D eigenvalue weighted by Gasteiger charge is 2.21. The number of hydrogen-bond donors (Lipinski definition) is 1. The number of sulfonamides is 1. The second kappa shape index (κ2) is 9.61. The summed E-state index contributed by atoms with van der Waals surface area (Å²) in [4.78, 5) is 11.9. The summed E-state index contributed by atoms with van der Waals surface area (Å²) < 4.78 is 36.0. The van der Waals surface area contributed by atoms with E-state index in [4.69, 9.17) is 9.47 Å². The molecule has 0 aliphatic carbocycles. The van der Waals surface area contributed by atoms with E-state index in [2.05, 4.69) is 5.32 Å². The first-order valence-corrected chi connectivity index (χ1v) is 8.86. The van der Waals surface area contributed by atoms with Crippen molar-refractivity contribution in [3.8, 4) is 0 Å². The highest BCUT2D eigenvalue weighted by molar-refractivity contribution is 7.89. The number of hydrogen-bond acceptors (Lipinski definition) is 5. The van der Waals surface area contributed by atoms with Crippen molar-refractivity contribution < 1.29 is 22.7 Å². The van der Waals surface area contributed by atoms with Crippen molar-refractivity contribution in [1.82, 2.24) is 4.31 Å². The molecule has 130 valence electrons. The van der Waals surface area contributed by atoms with Gasteiger partial charge < -0.3 is 14.8 Å². The van der Waals surface area contributed by atoms with Crippen LogP contribution in [0, 0.1) is 0 Å². The van der Waals surface area contributed by atoms with E-state index >= 15 is 0 Å². The van der Waals surface area contributed by atoms with Gasteiger partial charge in [0, 0.05) is 25.9 Å². The third kappa shape index (κ3) is 5.91. The molecule has 0 saturated carbocycles. The van der Waals surface area contributed by atoms with Gasteiger partial charge in [0.15, 0.2) is 0 Å². The summed E-state index contributed by atoms with van der Waals surface area (Å²) in [7, 11) is -1.93. The number of carbonyl (C=O) groups is 1. The van der Waals surface area contributed by atoms with Crippen LogP contribution in [0.2, 0.25) is 0 Å². The summed E-state index contributed by atoms with van der Waals surface area (Å²) in [5.41, 5.74) is 0.517. The van der Waals surface area contributed by atoms with Crippen LogP contribution < -0.4 is 5.32 Å². The van der Waals surface area contributed by atoms with Gasteiger partial charge in [-0.1, -0.05) is 13.8 Å². The first kappa shape index (κ1) is 19.6. The maximum atomic E-state index is 12.3. The van der Waals surface area contributed by atoms with Crippen LogP contribution in [-0.2, 0) is 24.3 Å². The molecule has 0 fully saturated rings. The molecule has 1 amide bonds. The Labute approximate surface area is 137 Å². The van der Waals surface area contributed by atoms with Crippen LogP contribution in [0.15, 0.2) is 29.2 Å². The lowest BCUT2D eigenvalue weighted by atomic mass is 10.3. The van der Waals surface area contributed by atoms with Gasteiger partial charge in [-0.2, -0.15) is 4.31 Å². The average molecular weight is 344 g/mol. The van der Waals surface area contributed by atoms with Crippen LogP contribution in [-0.4, -0.2) is 58.7 Å². The molecule has 0 saturated heterocycles. The van der Waals surface area contributed by atoms with Crippen molar-refractivity contribution >= 4 is 21.6 Å². The molecule has 0 unspecified atom stereocenters. The van der Waals surface area contributed by atoms with E-state index in [9.17, 15) is 13.2 Å². The Kier molecular flexibility index (Phi) is 8.18. The Morgan fingerprint density at radius 1 is 1.13 bits per heavy atom.